The SMILES string of the molecule is CCCCCCCCC/C=C/CCCCCCC1NC=CN1CCN. The molecule has 0 radical (unpaired) electrons. The molecule has 1 heterocycles. The van der Waals surface area contributed by atoms with Crippen molar-refractivity contribution in [3.05, 3.63) is 24.6 Å². The van der Waals surface area contributed by atoms with Crippen molar-refractivity contribution in [2.45, 2.75) is 103 Å². The van der Waals surface area contributed by atoms with Gasteiger partial charge in [-0.15, -0.1) is 0 Å². The number of nitrogens with two attached hydrogens (primary N) is 1. The van der Waals surface area contributed by atoms with Crippen LogP contribution in [-0.2, 0) is 0 Å². The van der Waals surface area contributed by atoms with E-state index in [0.29, 0.717) is 6.17 Å². The van der Waals surface area contributed by atoms with E-state index in [2.05, 4.69) is 41.7 Å². The normalized spacial score (nSPS) is 16.9. The molecule has 3 nitrogen and oxygen atoms in total. The fourth-order valence-electron chi connectivity index (χ4n) is 3.49. The topological polar surface area (TPSA) is 41.3 Å². The van der Waals surface area contributed by atoms with Gasteiger partial charge in [-0.1, -0.05) is 70.4 Å². The second-order valence-corrected chi connectivity index (χ2v) is 7.40. The first-order valence-electron chi connectivity index (χ1n) is 10.9. The van der Waals surface area contributed by atoms with Gasteiger partial charge >= 0.3 is 0 Å². The van der Waals surface area contributed by atoms with Crippen LogP contribution in [0.15, 0.2) is 24.6 Å². The van der Waals surface area contributed by atoms with Gasteiger partial charge < -0.3 is 16.0 Å². The van der Waals surface area contributed by atoms with Crippen LogP contribution >= 0.6 is 0 Å². The molecule has 3 N–H and O–H groups in total. The molecule has 0 fully saturated rings. The van der Waals surface area contributed by atoms with Gasteiger partial charge in [0.2, 0.25) is 0 Å². The Morgan fingerprint density at radius 3 is 2.12 bits per heavy atom. The van der Waals surface area contributed by atoms with E-state index < -0.39 is 0 Å². The molecule has 0 saturated heterocycles. The average Bonchev–Trinajstić information content (AvgIpc) is 3.06. The van der Waals surface area contributed by atoms with Crippen LogP contribution in [0, 0.1) is 0 Å². The molecule has 1 aliphatic rings. The van der Waals surface area contributed by atoms with Gasteiger partial charge in [0, 0.05) is 25.5 Å². The molecule has 0 aromatic carbocycles. The summed E-state index contributed by atoms with van der Waals surface area (Å²) in [5.74, 6) is 0. The zero-order chi connectivity index (χ0) is 18.0. The van der Waals surface area contributed by atoms with Crippen LogP contribution in [0.1, 0.15) is 96.8 Å². The molecule has 0 amide bonds. The predicted octanol–water partition coefficient (Wildman–Crippen LogP) is 5.69. The first-order chi connectivity index (χ1) is 12.4. The minimum absolute atomic E-state index is 0.477. The molecule has 0 aromatic rings. The monoisotopic (exact) mass is 349 g/mol. The quantitative estimate of drug-likeness (QED) is 0.262. The lowest BCUT2D eigenvalue weighted by Crippen LogP contribution is -2.37. The Hall–Kier alpha value is -0.960. The number of hydrogen-bond acceptors (Lipinski definition) is 3. The van der Waals surface area contributed by atoms with Gasteiger partial charge in [0.25, 0.3) is 0 Å². The van der Waals surface area contributed by atoms with Crippen molar-refractivity contribution in [2.75, 3.05) is 13.1 Å². The molecule has 1 atom stereocenters. The van der Waals surface area contributed by atoms with Crippen molar-refractivity contribution >= 4 is 0 Å². The second-order valence-electron chi connectivity index (χ2n) is 7.40. The number of hydrogen-bond donors (Lipinski definition) is 2. The molecule has 146 valence electrons. The molecular weight excluding hydrogens is 306 g/mol. The smallest absolute Gasteiger partial charge is 0.0981 e. The largest absolute Gasteiger partial charge is 0.370 e. The van der Waals surface area contributed by atoms with Gasteiger partial charge in [0.15, 0.2) is 0 Å². The van der Waals surface area contributed by atoms with Crippen LogP contribution in [0.5, 0.6) is 0 Å². The molecule has 0 spiro atoms. The third-order valence-electron chi connectivity index (χ3n) is 5.08. The van der Waals surface area contributed by atoms with E-state index in [1.54, 1.807) is 0 Å². The summed E-state index contributed by atoms with van der Waals surface area (Å²) in [5.41, 5.74) is 5.65. The van der Waals surface area contributed by atoms with Gasteiger partial charge in [0.05, 0.1) is 6.17 Å². The lowest BCUT2D eigenvalue weighted by Gasteiger charge is -2.25. The number of allylic oxidation sites excluding steroid dienone is 2. The Balaban J connectivity index is 1.81. The summed E-state index contributed by atoms with van der Waals surface area (Å²) < 4.78 is 0. The molecule has 1 aliphatic heterocycles. The van der Waals surface area contributed by atoms with Gasteiger partial charge in [-0.25, -0.2) is 0 Å². The Labute approximate surface area is 157 Å². The Bertz CT molecular complexity index is 338. The Morgan fingerprint density at radius 1 is 0.880 bits per heavy atom. The van der Waals surface area contributed by atoms with E-state index in [9.17, 15) is 0 Å². The number of rotatable bonds is 17. The summed E-state index contributed by atoms with van der Waals surface area (Å²) in [5, 5.41) is 3.42. The molecule has 3 heteroatoms. The molecule has 0 aliphatic carbocycles. The van der Waals surface area contributed by atoms with Crippen molar-refractivity contribution < 1.29 is 0 Å². The molecule has 1 unspecified atom stereocenters. The highest BCUT2D eigenvalue weighted by atomic mass is 15.3. The number of nitrogens with one attached hydrogen (secondary N) is 1. The molecule has 25 heavy (non-hydrogen) atoms. The third-order valence-corrected chi connectivity index (χ3v) is 5.08. The predicted molar refractivity (Wildman–Crippen MR) is 111 cm³/mol. The maximum atomic E-state index is 5.65. The summed E-state index contributed by atoms with van der Waals surface area (Å²) >= 11 is 0. The molecule has 1 rings (SSSR count). The molecular formula is C22H43N3. The lowest BCUT2D eigenvalue weighted by atomic mass is 10.1. The van der Waals surface area contributed by atoms with Gasteiger partial charge in [0.1, 0.15) is 0 Å². The van der Waals surface area contributed by atoms with Gasteiger partial charge in [-0.2, -0.15) is 0 Å². The molecule has 0 bridgehead atoms. The van der Waals surface area contributed by atoms with Crippen LogP contribution in [-0.4, -0.2) is 24.2 Å². The fraction of sp³-hybridized carbons (Fsp3) is 0.818. The van der Waals surface area contributed by atoms with E-state index in [-0.39, 0.29) is 0 Å². The van der Waals surface area contributed by atoms with Crippen molar-refractivity contribution in [1.29, 1.82) is 0 Å². The van der Waals surface area contributed by atoms with Crippen LogP contribution in [0.4, 0.5) is 0 Å². The lowest BCUT2D eigenvalue weighted by molar-refractivity contribution is 0.264. The summed E-state index contributed by atoms with van der Waals surface area (Å²) in [7, 11) is 0. The summed E-state index contributed by atoms with van der Waals surface area (Å²) in [4.78, 5) is 2.33. The molecule has 0 aromatic heterocycles. The van der Waals surface area contributed by atoms with E-state index in [1.165, 1.54) is 89.9 Å². The Kier molecular flexibility index (Phi) is 14.6. The first kappa shape index (κ1) is 22.1. The fourth-order valence-corrected chi connectivity index (χ4v) is 3.49. The molecule has 0 saturated carbocycles. The van der Waals surface area contributed by atoms with Crippen molar-refractivity contribution in [3.63, 3.8) is 0 Å². The summed E-state index contributed by atoms with van der Waals surface area (Å²) in [6.07, 6.45) is 28.5. The summed E-state index contributed by atoms with van der Waals surface area (Å²) in [6.45, 7) is 3.97. The highest BCUT2D eigenvalue weighted by molar-refractivity contribution is 4.94. The zero-order valence-corrected chi connectivity index (χ0v) is 16.7. The maximum Gasteiger partial charge on any atom is 0.0981 e. The minimum atomic E-state index is 0.477. The minimum Gasteiger partial charge on any atom is -0.370 e. The van der Waals surface area contributed by atoms with Crippen LogP contribution < -0.4 is 11.1 Å². The van der Waals surface area contributed by atoms with Gasteiger partial charge in [-0.05, 0) is 38.5 Å². The number of nitrogens with zero attached hydrogens (tertiary/aromatic N) is 1. The maximum absolute atomic E-state index is 5.65. The first-order valence-corrected chi connectivity index (χ1v) is 10.9. The Morgan fingerprint density at radius 2 is 1.48 bits per heavy atom. The zero-order valence-electron chi connectivity index (χ0n) is 16.7. The van der Waals surface area contributed by atoms with E-state index in [0.717, 1.165) is 13.1 Å². The van der Waals surface area contributed by atoms with Gasteiger partial charge in [-0.3, -0.25) is 0 Å². The standard InChI is InChI=1S/C22H43N3/c1-2-3-4-5-6-7-8-9-10-11-12-13-14-15-16-17-22-24-19-21-25(22)20-18-23/h10-11,19,21-22,24H,2-9,12-18,20,23H2,1H3/b11-10+. The average molecular weight is 350 g/mol. The van der Waals surface area contributed by atoms with Crippen molar-refractivity contribution in [1.82, 2.24) is 10.2 Å². The third kappa shape index (κ3) is 12.1. The highest BCUT2D eigenvalue weighted by Gasteiger charge is 2.16. The van der Waals surface area contributed by atoms with E-state index in [4.69, 9.17) is 5.73 Å². The van der Waals surface area contributed by atoms with E-state index in [1.807, 2.05) is 0 Å². The van der Waals surface area contributed by atoms with Crippen LogP contribution in [0.2, 0.25) is 0 Å². The van der Waals surface area contributed by atoms with Crippen LogP contribution in [0.3, 0.4) is 0 Å². The van der Waals surface area contributed by atoms with E-state index >= 15 is 0 Å². The second kappa shape index (κ2) is 16.5. The van der Waals surface area contributed by atoms with Crippen molar-refractivity contribution in [2.24, 2.45) is 5.73 Å². The summed E-state index contributed by atoms with van der Waals surface area (Å²) in [6, 6.07) is 0. The highest BCUT2D eigenvalue weighted by Crippen LogP contribution is 2.14. The van der Waals surface area contributed by atoms with Crippen LogP contribution in [0.25, 0.3) is 0 Å². The number of unbranched alkanes of at least 4 members (excludes halogenated alkanes) is 11. The van der Waals surface area contributed by atoms with Crippen molar-refractivity contribution in [3.8, 4) is 0 Å².